The van der Waals surface area contributed by atoms with E-state index in [4.69, 9.17) is 10.4 Å². The normalized spacial score (nSPS) is 10.1. The molecule has 0 aliphatic carbocycles. The van der Waals surface area contributed by atoms with Crippen molar-refractivity contribution in [1.82, 2.24) is 0 Å². The predicted octanol–water partition coefficient (Wildman–Crippen LogP) is 3.04. The first-order valence-electron chi connectivity index (χ1n) is 6.68. The van der Waals surface area contributed by atoms with Gasteiger partial charge in [0.25, 0.3) is 0 Å². The molecular formula is C17H18N2O. The minimum absolute atomic E-state index is 0.198. The van der Waals surface area contributed by atoms with Crippen molar-refractivity contribution >= 4 is 5.69 Å². The Labute approximate surface area is 119 Å². The summed E-state index contributed by atoms with van der Waals surface area (Å²) in [5, 5.41) is 17.8. The van der Waals surface area contributed by atoms with Gasteiger partial charge >= 0.3 is 0 Å². The van der Waals surface area contributed by atoms with Gasteiger partial charge < -0.3 is 10.0 Å². The van der Waals surface area contributed by atoms with Crippen molar-refractivity contribution in [3.8, 4) is 17.2 Å². The molecule has 0 amide bonds. The molecule has 0 saturated carbocycles. The van der Waals surface area contributed by atoms with Gasteiger partial charge in [-0.2, -0.15) is 5.26 Å². The lowest BCUT2D eigenvalue weighted by molar-refractivity contribution is 0.290. The van der Waals surface area contributed by atoms with Gasteiger partial charge in [-0.3, -0.25) is 0 Å². The molecule has 0 fully saturated rings. The molecule has 0 spiro atoms. The largest absolute Gasteiger partial charge is 0.396 e. The van der Waals surface area contributed by atoms with E-state index in [-0.39, 0.29) is 6.61 Å². The van der Waals surface area contributed by atoms with Crippen LogP contribution < -0.4 is 4.90 Å². The second-order valence-electron chi connectivity index (χ2n) is 4.71. The Kier molecular flexibility index (Phi) is 4.75. The topological polar surface area (TPSA) is 47.3 Å². The number of nitrogens with zero attached hydrogens (tertiary/aromatic N) is 2. The zero-order valence-corrected chi connectivity index (χ0v) is 11.6. The lowest BCUT2D eigenvalue weighted by Gasteiger charge is -2.22. The maximum atomic E-state index is 8.95. The Hall–Kier alpha value is -2.31. The van der Waals surface area contributed by atoms with E-state index in [1.807, 2.05) is 43.4 Å². The molecule has 3 heteroatoms. The number of aliphatic hydroxyl groups excluding tert-OH is 1. The standard InChI is InChI=1S/C17H18N2O/c1-19(11-4-12-20)17-6-3-2-5-16(17)15-9-7-14(13-18)8-10-15/h2-3,5-10,20H,4,11-12H2,1H3. The number of hydrogen-bond donors (Lipinski definition) is 1. The zero-order chi connectivity index (χ0) is 14.4. The van der Waals surface area contributed by atoms with Crippen LogP contribution in [-0.4, -0.2) is 25.3 Å². The third-order valence-corrected chi connectivity index (χ3v) is 3.29. The van der Waals surface area contributed by atoms with Crippen LogP contribution in [-0.2, 0) is 0 Å². The van der Waals surface area contributed by atoms with E-state index in [2.05, 4.69) is 23.1 Å². The highest BCUT2D eigenvalue weighted by Gasteiger charge is 2.08. The molecule has 0 saturated heterocycles. The Morgan fingerprint density at radius 1 is 1.10 bits per heavy atom. The van der Waals surface area contributed by atoms with Crippen molar-refractivity contribution in [2.75, 3.05) is 25.1 Å². The van der Waals surface area contributed by atoms with Gasteiger partial charge in [0.2, 0.25) is 0 Å². The van der Waals surface area contributed by atoms with Gasteiger partial charge in [0.15, 0.2) is 0 Å². The first-order valence-corrected chi connectivity index (χ1v) is 6.68. The fourth-order valence-corrected chi connectivity index (χ4v) is 2.20. The number of benzene rings is 2. The molecule has 0 radical (unpaired) electrons. The summed E-state index contributed by atoms with van der Waals surface area (Å²) in [6.07, 6.45) is 0.748. The molecule has 1 N–H and O–H groups in total. The summed E-state index contributed by atoms with van der Waals surface area (Å²) in [5.41, 5.74) is 4.03. The molecule has 0 aliphatic rings. The Balaban J connectivity index is 2.33. The molecule has 2 aromatic rings. The van der Waals surface area contributed by atoms with Crippen molar-refractivity contribution in [1.29, 1.82) is 5.26 Å². The molecule has 0 unspecified atom stereocenters. The molecule has 0 bridgehead atoms. The average molecular weight is 266 g/mol. The van der Waals surface area contributed by atoms with E-state index < -0.39 is 0 Å². The summed E-state index contributed by atoms with van der Waals surface area (Å²) in [6, 6.07) is 17.9. The first kappa shape index (κ1) is 14.1. The maximum absolute atomic E-state index is 8.95. The minimum atomic E-state index is 0.198. The average Bonchev–Trinajstić information content (AvgIpc) is 2.52. The van der Waals surface area contributed by atoms with Gasteiger partial charge in [-0.05, 0) is 30.2 Å². The molecule has 102 valence electrons. The molecule has 2 aromatic carbocycles. The summed E-state index contributed by atoms with van der Waals surface area (Å²) in [7, 11) is 2.03. The number of nitriles is 1. The number of hydrogen-bond acceptors (Lipinski definition) is 3. The molecule has 0 atom stereocenters. The van der Waals surface area contributed by atoms with Crippen LogP contribution >= 0.6 is 0 Å². The van der Waals surface area contributed by atoms with Crippen LogP contribution in [0.25, 0.3) is 11.1 Å². The number of rotatable bonds is 5. The van der Waals surface area contributed by atoms with Crippen molar-refractivity contribution < 1.29 is 5.11 Å². The number of para-hydroxylation sites is 1. The Bertz CT molecular complexity index is 599. The maximum Gasteiger partial charge on any atom is 0.0991 e. The minimum Gasteiger partial charge on any atom is -0.396 e. The summed E-state index contributed by atoms with van der Waals surface area (Å²) < 4.78 is 0. The smallest absolute Gasteiger partial charge is 0.0991 e. The molecule has 20 heavy (non-hydrogen) atoms. The SMILES string of the molecule is CN(CCCO)c1ccccc1-c1ccc(C#N)cc1. The Morgan fingerprint density at radius 2 is 1.80 bits per heavy atom. The molecule has 0 aliphatic heterocycles. The fraction of sp³-hybridized carbons (Fsp3) is 0.235. The highest BCUT2D eigenvalue weighted by molar-refractivity contribution is 5.78. The van der Waals surface area contributed by atoms with E-state index in [1.165, 1.54) is 0 Å². The quantitative estimate of drug-likeness (QED) is 0.904. The van der Waals surface area contributed by atoms with Gasteiger partial charge in [0.05, 0.1) is 11.6 Å². The monoisotopic (exact) mass is 266 g/mol. The van der Waals surface area contributed by atoms with E-state index in [9.17, 15) is 0 Å². The van der Waals surface area contributed by atoms with E-state index in [1.54, 1.807) is 0 Å². The second kappa shape index (κ2) is 6.74. The highest BCUT2D eigenvalue weighted by atomic mass is 16.3. The molecule has 3 nitrogen and oxygen atoms in total. The van der Waals surface area contributed by atoms with E-state index in [0.717, 1.165) is 29.8 Å². The summed E-state index contributed by atoms with van der Waals surface area (Å²) in [4.78, 5) is 2.14. The summed E-state index contributed by atoms with van der Waals surface area (Å²) in [6.45, 7) is 1.01. The third-order valence-electron chi connectivity index (χ3n) is 3.29. The van der Waals surface area contributed by atoms with Crippen LogP contribution in [0.4, 0.5) is 5.69 Å². The molecule has 2 rings (SSSR count). The van der Waals surface area contributed by atoms with E-state index >= 15 is 0 Å². The second-order valence-corrected chi connectivity index (χ2v) is 4.71. The number of anilines is 1. The highest BCUT2D eigenvalue weighted by Crippen LogP contribution is 2.30. The van der Waals surface area contributed by atoms with Gasteiger partial charge in [-0.15, -0.1) is 0 Å². The molecular weight excluding hydrogens is 248 g/mol. The van der Waals surface area contributed by atoms with Gasteiger partial charge in [-0.25, -0.2) is 0 Å². The first-order chi connectivity index (χ1) is 9.76. The van der Waals surface area contributed by atoms with Crippen LogP contribution in [0, 0.1) is 11.3 Å². The van der Waals surface area contributed by atoms with Crippen LogP contribution in [0.15, 0.2) is 48.5 Å². The van der Waals surface area contributed by atoms with Crippen LogP contribution in [0.5, 0.6) is 0 Å². The van der Waals surface area contributed by atoms with E-state index in [0.29, 0.717) is 5.56 Å². The third kappa shape index (κ3) is 3.17. The van der Waals surface area contributed by atoms with Crippen molar-refractivity contribution in [2.24, 2.45) is 0 Å². The van der Waals surface area contributed by atoms with Crippen LogP contribution in [0.1, 0.15) is 12.0 Å². The molecule has 0 heterocycles. The van der Waals surface area contributed by atoms with Gasteiger partial charge in [0, 0.05) is 31.5 Å². The Morgan fingerprint density at radius 3 is 2.45 bits per heavy atom. The van der Waals surface area contributed by atoms with Crippen molar-refractivity contribution in [3.63, 3.8) is 0 Å². The van der Waals surface area contributed by atoms with Gasteiger partial charge in [0.1, 0.15) is 0 Å². The molecule has 0 aromatic heterocycles. The van der Waals surface area contributed by atoms with Crippen LogP contribution in [0.3, 0.4) is 0 Å². The summed E-state index contributed by atoms with van der Waals surface area (Å²) in [5.74, 6) is 0. The van der Waals surface area contributed by atoms with Crippen LogP contribution in [0.2, 0.25) is 0 Å². The van der Waals surface area contributed by atoms with Gasteiger partial charge in [-0.1, -0.05) is 30.3 Å². The van der Waals surface area contributed by atoms with Crippen molar-refractivity contribution in [3.05, 3.63) is 54.1 Å². The van der Waals surface area contributed by atoms with Crippen molar-refractivity contribution in [2.45, 2.75) is 6.42 Å². The lowest BCUT2D eigenvalue weighted by atomic mass is 10.0. The fourth-order valence-electron chi connectivity index (χ4n) is 2.20. The predicted molar refractivity (Wildman–Crippen MR) is 81.6 cm³/mol. The number of aliphatic hydroxyl groups is 1. The zero-order valence-electron chi connectivity index (χ0n) is 11.6. The summed E-state index contributed by atoms with van der Waals surface area (Å²) >= 11 is 0. The lowest BCUT2D eigenvalue weighted by Crippen LogP contribution is -2.20.